The zero-order valence-corrected chi connectivity index (χ0v) is 11.9. The number of benzene rings is 1. The second-order valence-electron chi connectivity index (χ2n) is 4.92. The van der Waals surface area contributed by atoms with Crippen molar-refractivity contribution >= 4 is 15.7 Å². The summed E-state index contributed by atoms with van der Waals surface area (Å²) in [5.41, 5.74) is 7.94. The fourth-order valence-electron chi connectivity index (χ4n) is 2.23. The highest BCUT2D eigenvalue weighted by molar-refractivity contribution is 7.89. The summed E-state index contributed by atoms with van der Waals surface area (Å²) < 4.78 is 26.9. The van der Waals surface area contributed by atoms with Gasteiger partial charge in [-0.2, -0.15) is 4.31 Å². The fraction of sp³-hybridized carbons (Fsp3) is 0.538. The van der Waals surface area contributed by atoms with Gasteiger partial charge in [-0.25, -0.2) is 8.42 Å². The summed E-state index contributed by atoms with van der Waals surface area (Å²) >= 11 is 0. The Kier molecular flexibility index (Phi) is 3.38. The summed E-state index contributed by atoms with van der Waals surface area (Å²) in [6, 6.07) is 3.70. The summed E-state index contributed by atoms with van der Waals surface area (Å²) in [6.45, 7) is 6.02. The van der Waals surface area contributed by atoms with E-state index in [0.29, 0.717) is 22.7 Å². The molecule has 2 N–H and O–H groups in total. The van der Waals surface area contributed by atoms with Crippen LogP contribution >= 0.6 is 0 Å². The topological polar surface area (TPSA) is 63.4 Å². The first kappa shape index (κ1) is 13.4. The van der Waals surface area contributed by atoms with Crippen LogP contribution in [0.2, 0.25) is 0 Å². The number of sulfonamides is 1. The zero-order chi connectivity index (χ0) is 13.5. The van der Waals surface area contributed by atoms with Crippen LogP contribution in [-0.4, -0.2) is 25.3 Å². The third-order valence-electron chi connectivity index (χ3n) is 3.40. The van der Waals surface area contributed by atoms with E-state index in [9.17, 15) is 8.42 Å². The van der Waals surface area contributed by atoms with E-state index in [4.69, 9.17) is 5.73 Å². The number of nitrogens with two attached hydrogens (primary N) is 1. The molecule has 0 saturated heterocycles. The Balaban J connectivity index is 2.52. The lowest BCUT2D eigenvalue weighted by Crippen LogP contribution is -2.33. The molecule has 100 valence electrons. The number of nitrogen functional groups attached to an aromatic ring is 1. The van der Waals surface area contributed by atoms with Gasteiger partial charge in [-0.3, -0.25) is 0 Å². The van der Waals surface area contributed by atoms with Crippen molar-refractivity contribution in [3.05, 3.63) is 23.3 Å². The SMILES string of the molecule is CCN(C1CC1)S(=O)(=O)c1cc(C)cc(N)c1C. The quantitative estimate of drug-likeness (QED) is 0.850. The number of hydrogen-bond donors (Lipinski definition) is 1. The van der Waals surface area contributed by atoms with Gasteiger partial charge in [0, 0.05) is 18.3 Å². The van der Waals surface area contributed by atoms with Gasteiger partial charge < -0.3 is 5.73 Å². The van der Waals surface area contributed by atoms with Crippen LogP contribution in [0.1, 0.15) is 30.9 Å². The Morgan fingerprint density at radius 1 is 1.33 bits per heavy atom. The average molecular weight is 268 g/mol. The van der Waals surface area contributed by atoms with Crippen molar-refractivity contribution in [2.75, 3.05) is 12.3 Å². The minimum atomic E-state index is -3.41. The number of rotatable bonds is 4. The lowest BCUT2D eigenvalue weighted by Gasteiger charge is -2.22. The zero-order valence-electron chi connectivity index (χ0n) is 11.1. The maximum atomic E-state index is 12.6. The van der Waals surface area contributed by atoms with E-state index in [1.54, 1.807) is 17.3 Å². The Bertz CT molecular complexity index is 563. The van der Waals surface area contributed by atoms with Crippen LogP contribution in [-0.2, 0) is 10.0 Å². The van der Waals surface area contributed by atoms with Gasteiger partial charge in [-0.1, -0.05) is 6.92 Å². The molecule has 0 atom stereocenters. The molecule has 0 spiro atoms. The smallest absolute Gasteiger partial charge is 0.243 e. The fourth-order valence-corrected chi connectivity index (χ4v) is 4.27. The van der Waals surface area contributed by atoms with E-state index in [-0.39, 0.29) is 6.04 Å². The van der Waals surface area contributed by atoms with Crippen LogP contribution in [0, 0.1) is 13.8 Å². The molecule has 0 aliphatic heterocycles. The molecule has 0 aromatic heterocycles. The second-order valence-corrected chi connectivity index (χ2v) is 6.78. The maximum Gasteiger partial charge on any atom is 0.243 e. The minimum Gasteiger partial charge on any atom is -0.398 e. The molecule has 0 unspecified atom stereocenters. The summed E-state index contributed by atoms with van der Waals surface area (Å²) in [6.07, 6.45) is 1.93. The average Bonchev–Trinajstić information content (AvgIpc) is 3.08. The molecule has 2 rings (SSSR count). The number of aryl methyl sites for hydroxylation is 1. The molecule has 18 heavy (non-hydrogen) atoms. The number of hydrogen-bond acceptors (Lipinski definition) is 3. The first-order chi connectivity index (χ1) is 8.37. The molecule has 4 nitrogen and oxygen atoms in total. The van der Waals surface area contributed by atoms with Crippen LogP contribution in [0.3, 0.4) is 0 Å². The molecule has 1 aromatic carbocycles. The van der Waals surface area contributed by atoms with Gasteiger partial charge in [-0.05, 0) is 49.9 Å². The normalized spacial score (nSPS) is 16.2. The van der Waals surface area contributed by atoms with Crippen molar-refractivity contribution in [1.29, 1.82) is 0 Å². The van der Waals surface area contributed by atoms with Gasteiger partial charge in [0.05, 0.1) is 4.90 Å². The van der Waals surface area contributed by atoms with Crippen LogP contribution in [0.4, 0.5) is 5.69 Å². The van der Waals surface area contributed by atoms with Crippen molar-refractivity contribution < 1.29 is 8.42 Å². The molecule has 0 bridgehead atoms. The predicted octanol–water partition coefficient (Wildman–Crippen LogP) is 2.06. The predicted molar refractivity (Wildman–Crippen MR) is 72.9 cm³/mol. The Morgan fingerprint density at radius 2 is 1.94 bits per heavy atom. The van der Waals surface area contributed by atoms with Crippen LogP contribution in [0.25, 0.3) is 0 Å². The molecule has 0 heterocycles. The molecule has 5 heteroatoms. The molecule has 1 saturated carbocycles. The third kappa shape index (κ3) is 2.24. The number of nitrogens with zero attached hydrogens (tertiary/aromatic N) is 1. The first-order valence-corrected chi connectivity index (χ1v) is 7.70. The molecule has 1 fully saturated rings. The molecule has 1 aromatic rings. The van der Waals surface area contributed by atoms with Crippen molar-refractivity contribution in [2.45, 2.75) is 44.6 Å². The lowest BCUT2D eigenvalue weighted by molar-refractivity contribution is 0.420. The van der Waals surface area contributed by atoms with Crippen molar-refractivity contribution in [2.24, 2.45) is 0 Å². The Morgan fingerprint density at radius 3 is 2.44 bits per heavy atom. The first-order valence-electron chi connectivity index (χ1n) is 6.26. The standard InChI is InChI=1S/C13H20N2O2S/c1-4-15(11-5-6-11)18(16,17)13-8-9(2)7-12(14)10(13)3/h7-8,11H,4-6,14H2,1-3H3. The van der Waals surface area contributed by atoms with Gasteiger partial charge in [-0.15, -0.1) is 0 Å². The molecule has 0 radical (unpaired) electrons. The summed E-state index contributed by atoms with van der Waals surface area (Å²) in [4.78, 5) is 0.355. The minimum absolute atomic E-state index is 0.182. The summed E-state index contributed by atoms with van der Waals surface area (Å²) in [7, 11) is -3.41. The van der Waals surface area contributed by atoms with Gasteiger partial charge in [0.2, 0.25) is 10.0 Å². The number of anilines is 1. The highest BCUT2D eigenvalue weighted by Gasteiger charge is 2.37. The second kappa shape index (κ2) is 4.55. The molecule has 0 amide bonds. The summed E-state index contributed by atoms with van der Waals surface area (Å²) in [5.74, 6) is 0. The molecular weight excluding hydrogens is 248 g/mol. The maximum absolute atomic E-state index is 12.6. The van der Waals surface area contributed by atoms with E-state index < -0.39 is 10.0 Å². The van der Waals surface area contributed by atoms with Crippen molar-refractivity contribution in [3.8, 4) is 0 Å². The monoisotopic (exact) mass is 268 g/mol. The lowest BCUT2D eigenvalue weighted by atomic mass is 10.1. The van der Waals surface area contributed by atoms with Crippen LogP contribution < -0.4 is 5.73 Å². The molecular formula is C13H20N2O2S. The Labute approximate surface area is 109 Å². The van der Waals surface area contributed by atoms with Gasteiger partial charge in [0.15, 0.2) is 0 Å². The van der Waals surface area contributed by atoms with E-state index in [1.807, 2.05) is 19.9 Å². The van der Waals surface area contributed by atoms with Gasteiger partial charge in [0.25, 0.3) is 0 Å². The van der Waals surface area contributed by atoms with Crippen LogP contribution in [0.5, 0.6) is 0 Å². The highest BCUT2D eigenvalue weighted by atomic mass is 32.2. The van der Waals surface area contributed by atoms with E-state index in [1.165, 1.54) is 0 Å². The summed E-state index contributed by atoms with van der Waals surface area (Å²) in [5, 5.41) is 0. The van der Waals surface area contributed by atoms with Crippen molar-refractivity contribution in [1.82, 2.24) is 4.31 Å². The van der Waals surface area contributed by atoms with Crippen molar-refractivity contribution in [3.63, 3.8) is 0 Å². The van der Waals surface area contributed by atoms with Crippen LogP contribution in [0.15, 0.2) is 17.0 Å². The molecule has 1 aliphatic rings. The van der Waals surface area contributed by atoms with Gasteiger partial charge >= 0.3 is 0 Å². The van der Waals surface area contributed by atoms with E-state index in [2.05, 4.69) is 0 Å². The third-order valence-corrected chi connectivity index (χ3v) is 5.55. The van der Waals surface area contributed by atoms with E-state index in [0.717, 1.165) is 18.4 Å². The van der Waals surface area contributed by atoms with E-state index >= 15 is 0 Å². The Hall–Kier alpha value is -1.07. The highest BCUT2D eigenvalue weighted by Crippen LogP contribution is 2.34. The molecule has 1 aliphatic carbocycles. The van der Waals surface area contributed by atoms with Gasteiger partial charge in [0.1, 0.15) is 0 Å². The largest absolute Gasteiger partial charge is 0.398 e.